The van der Waals surface area contributed by atoms with Gasteiger partial charge in [-0.25, -0.2) is 0 Å². The van der Waals surface area contributed by atoms with E-state index in [0.29, 0.717) is 0 Å². The molecule has 1 aromatic carbocycles. The first-order valence-electron chi connectivity index (χ1n) is 5.88. The zero-order valence-electron chi connectivity index (χ0n) is 10.6. The predicted octanol–water partition coefficient (Wildman–Crippen LogP) is 3.69. The van der Waals surface area contributed by atoms with Gasteiger partial charge in [-0.3, -0.25) is 0 Å². The number of nitriles is 1. The Morgan fingerprint density at radius 2 is 1.94 bits per heavy atom. The maximum Gasteiger partial charge on any atom is 0.0952 e. The van der Waals surface area contributed by atoms with E-state index in [0.717, 1.165) is 23.4 Å². The molecule has 0 aliphatic heterocycles. The molecule has 92 valence electrons. The maximum atomic E-state index is 9.07. The van der Waals surface area contributed by atoms with E-state index in [9.17, 15) is 0 Å². The van der Waals surface area contributed by atoms with Crippen LogP contribution in [0.25, 0.3) is 0 Å². The lowest BCUT2D eigenvalue weighted by Gasteiger charge is -2.16. The lowest BCUT2D eigenvalue weighted by Crippen LogP contribution is -2.13. The first kappa shape index (κ1) is 12.3. The van der Waals surface area contributed by atoms with Crippen LogP contribution < -0.4 is 5.32 Å². The van der Waals surface area contributed by atoms with Crippen molar-refractivity contribution in [1.29, 1.82) is 5.26 Å². The fourth-order valence-electron chi connectivity index (χ4n) is 1.67. The van der Waals surface area contributed by atoms with Gasteiger partial charge in [0.25, 0.3) is 0 Å². The van der Waals surface area contributed by atoms with Crippen LogP contribution in [0.15, 0.2) is 47.3 Å². The summed E-state index contributed by atoms with van der Waals surface area (Å²) >= 11 is 0. The van der Waals surface area contributed by atoms with Gasteiger partial charge in [0.2, 0.25) is 0 Å². The Labute approximate surface area is 107 Å². The number of furan rings is 1. The van der Waals surface area contributed by atoms with E-state index >= 15 is 0 Å². The Morgan fingerprint density at radius 3 is 2.50 bits per heavy atom. The number of nitrogens with one attached hydrogen (secondary N) is 1. The van der Waals surface area contributed by atoms with Crippen molar-refractivity contribution < 1.29 is 4.42 Å². The second kappa shape index (κ2) is 4.97. The number of hydrogen-bond acceptors (Lipinski definition) is 3. The smallest absolute Gasteiger partial charge is 0.0952 e. The van der Waals surface area contributed by atoms with Crippen molar-refractivity contribution in [2.45, 2.75) is 25.8 Å². The van der Waals surface area contributed by atoms with Crippen LogP contribution in [0.5, 0.6) is 0 Å². The Morgan fingerprint density at radius 1 is 1.22 bits per heavy atom. The van der Waals surface area contributed by atoms with Gasteiger partial charge in [-0.2, -0.15) is 5.26 Å². The Kier molecular flexibility index (Phi) is 3.38. The van der Waals surface area contributed by atoms with Crippen molar-refractivity contribution >= 4 is 5.69 Å². The van der Waals surface area contributed by atoms with Crippen LogP contribution in [0.2, 0.25) is 0 Å². The van der Waals surface area contributed by atoms with Gasteiger partial charge in [-0.05, 0) is 37.6 Å². The number of benzene rings is 1. The minimum absolute atomic E-state index is 0.441. The molecule has 0 amide bonds. The van der Waals surface area contributed by atoms with Crippen LogP contribution in [0, 0.1) is 11.3 Å². The molecule has 0 saturated carbocycles. The average molecular weight is 240 g/mol. The summed E-state index contributed by atoms with van der Waals surface area (Å²) in [5.74, 6) is 0. The van der Waals surface area contributed by atoms with Gasteiger partial charge in [0.05, 0.1) is 24.0 Å². The highest BCUT2D eigenvalue weighted by molar-refractivity contribution is 5.47. The SMILES string of the molecule is CC(C)(C#N)c1ccc(NCc2ccoc2)cc1. The highest BCUT2D eigenvalue weighted by Gasteiger charge is 2.18. The molecule has 0 fully saturated rings. The molecule has 0 radical (unpaired) electrons. The molecule has 0 spiro atoms. The van der Waals surface area contributed by atoms with Gasteiger partial charge in [0.15, 0.2) is 0 Å². The molecule has 1 aromatic heterocycles. The van der Waals surface area contributed by atoms with Crippen LogP contribution >= 0.6 is 0 Å². The zero-order valence-corrected chi connectivity index (χ0v) is 10.6. The molecule has 3 heteroatoms. The normalized spacial score (nSPS) is 10.9. The molecule has 2 aromatic rings. The number of anilines is 1. The summed E-state index contributed by atoms with van der Waals surface area (Å²) in [5.41, 5.74) is 2.73. The molecule has 0 aliphatic rings. The fraction of sp³-hybridized carbons (Fsp3) is 0.267. The third-order valence-corrected chi connectivity index (χ3v) is 2.96. The molecular weight excluding hydrogens is 224 g/mol. The second-order valence-electron chi connectivity index (χ2n) is 4.80. The zero-order chi connectivity index (χ0) is 13.0. The van der Waals surface area contributed by atoms with Crippen LogP contribution in [0.1, 0.15) is 25.0 Å². The minimum atomic E-state index is -0.441. The van der Waals surface area contributed by atoms with Crippen molar-refractivity contribution in [3.8, 4) is 6.07 Å². The molecule has 0 atom stereocenters. The summed E-state index contributed by atoms with van der Waals surface area (Å²) in [7, 11) is 0. The van der Waals surface area contributed by atoms with Gasteiger partial charge in [0.1, 0.15) is 0 Å². The minimum Gasteiger partial charge on any atom is -0.472 e. The summed E-state index contributed by atoms with van der Waals surface area (Å²) in [5, 5.41) is 12.4. The van der Waals surface area contributed by atoms with Gasteiger partial charge in [0, 0.05) is 17.8 Å². The van der Waals surface area contributed by atoms with E-state index in [4.69, 9.17) is 9.68 Å². The van der Waals surface area contributed by atoms with Crippen molar-refractivity contribution in [2.75, 3.05) is 5.32 Å². The van der Waals surface area contributed by atoms with Crippen molar-refractivity contribution in [3.05, 3.63) is 54.0 Å². The molecule has 0 unspecified atom stereocenters. The third-order valence-electron chi connectivity index (χ3n) is 2.96. The Balaban J connectivity index is 2.02. The van der Waals surface area contributed by atoms with Crippen LogP contribution in [-0.2, 0) is 12.0 Å². The lowest BCUT2D eigenvalue weighted by molar-refractivity contribution is 0.564. The molecule has 0 saturated heterocycles. The summed E-state index contributed by atoms with van der Waals surface area (Å²) in [6.45, 7) is 4.57. The van der Waals surface area contributed by atoms with E-state index in [-0.39, 0.29) is 0 Å². The standard InChI is InChI=1S/C15H16N2O/c1-15(2,11-16)13-3-5-14(6-4-13)17-9-12-7-8-18-10-12/h3-8,10,17H,9H2,1-2H3. The van der Waals surface area contributed by atoms with E-state index in [2.05, 4.69) is 11.4 Å². The van der Waals surface area contributed by atoms with Gasteiger partial charge in [-0.1, -0.05) is 12.1 Å². The van der Waals surface area contributed by atoms with Crippen molar-refractivity contribution in [3.63, 3.8) is 0 Å². The summed E-state index contributed by atoms with van der Waals surface area (Å²) < 4.78 is 5.01. The largest absolute Gasteiger partial charge is 0.472 e. The number of rotatable bonds is 4. The molecule has 2 rings (SSSR count). The first-order valence-corrected chi connectivity index (χ1v) is 5.88. The molecular formula is C15H16N2O. The quantitative estimate of drug-likeness (QED) is 0.886. The summed E-state index contributed by atoms with van der Waals surface area (Å²) in [6.07, 6.45) is 3.38. The molecule has 1 heterocycles. The fourth-order valence-corrected chi connectivity index (χ4v) is 1.67. The average Bonchev–Trinajstić information content (AvgIpc) is 2.90. The van der Waals surface area contributed by atoms with Gasteiger partial charge in [-0.15, -0.1) is 0 Å². The van der Waals surface area contributed by atoms with Crippen LogP contribution in [-0.4, -0.2) is 0 Å². The van der Waals surface area contributed by atoms with Crippen LogP contribution in [0.3, 0.4) is 0 Å². The molecule has 18 heavy (non-hydrogen) atoms. The first-order chi connectivity index (χ1) is 8.62. The molecule has 0 aliphatic carbocycles. The Hall–Kier alpha value is -2.21. The summed E-state index contributed by atoms with van der Waals surface area (Å²) in [6, 6.07) is 12.2. The van der Waals surface area contributed by atoms with Gasteiger partial charge >= 0.3 is 0 Å². The molecule has 1 N–H and O–H groups in total. The third kappa shape index (κ3) is 2.72. The van der Waals surface area contributed by atoms with Crippen LogP contribution in [0.4, 0.5) is 5.69 Å². The monoisotopic (exact) mass is 240 g/mol. The highest BCUT2D eigenvalue weighted by Crippen LogP contribution is 2.23. The topological polar surface area (TPSA) is 49.0 Å². The lowest BCUT2D eigenvalue weighted by atomic mass is 9.86. The summed E-state index contributed by atoms with van der Waals surface area (Å²) in [4.78, 5) is 0. The van der Waals surface area contributed by atoms with E-state index in [1.807, 2.05) is 44.2 Å². The van der Waals surface area contributed by atoms with E-state index in [1.54, 1.807) is 12.5 Å². The predicted molar refractivity (Wildman–Crippen MR) is 71.1 cm³/mol. The second-order valence-corrected chi connectivity index (χ2v) is 4.80. The number of nitrogens with zero attached hydrogens (tertiary/aromatic N) is 1. The number of hydrogen-bond donors (Lipinski definition) is 1. The van der Waals surface area contributed by atoms with E-state index in [1.165, 1.54) is 0 Å². The van der Waals surface area contributed by atoms with Crippen molar-refractivity contribution in [1.82, 2.24) is 0 Å². The Bertz CT molecular complexity index is 533. The molecule has 3 nitrogen and oxygen atoms in total. The van der Waals surface area contributed by atoms with E-state index < -0.39 is 5.41 Å². The molecule has 0 bridgehead atoms. The van der Waals surface area contributed by atoms with Gasteiger partial charge < -0.3 is 9.73 Å². The highest BCUT2D eigenvalue weighted by atomic mass is 16.3. The van der Waals surface area contributed by atoms with Crippen molar-refractivity contribution in [2.24, 2.45) is 0 Å². The maximum absolute atomic E-state index is 9.07.